The molecule has 2 N–H and O–H groups in total. The van der Waals surface area contributed by atoms with Crippen LogP contribution < -0.4 is 10.6 Å². The molecule has 0 bridgehead atoms. The molecule has 0 unspecified atom stereocenters. The number of nitrogens with zero attached hydrogens (tertiary/aromatic N) is 4. The second kappa shape index (κ2) is 9.15. The van der Waals surface area contributed by atoms with Crippen LogP contribution in [-0.4, -0.2) is 27.2 Å². The summed E-state index contributed by atoms with van der Waals surface area (Å²) in [5.74, 6) is 5.65. The van der Waals surface area contributed by atoms with Crippen molar-refractivity contribution in [1.82, 2.24) is 14.8 Å². The quantitative estimate of drug-likeness (QED) is 0.446. The fraction of sp³-hybridized carbons (Fsp3) is 0.227. The SMILES string of the molecule is C[C@H]1CN(c2ccc(C(F)(F)F)c(CF)c2)C(=O)c2c(C#Cc3ccc(N)nc3)cnn21.S. The molecular formula is C22H19F4N5OS. The highest BCUT2D eigenvalue weighted by atomic mass is 32.1. The Bertz CT molecular complexity index is 1240. The van der Waals surface area contributed by atoms with Crippen LogP contribution in [0.2, 0.25) is 0 Å². The van der Waals surface area contributed by atoms with E-state index in [1.54, 1.807) is 12.1 Å². The summed E-state index contributed by atoms with van der Waals surface area (Å²) < 4.78 is 54.2. The zero-order valence-corrected chi connectivity index (χ0v) is 18.3. The minimum absolute atomic E-state index is 0. The number of carbonyl (C=O) groups excluding carboxylic acids is 1. The van der Waals surface area contributed by atoms with Crippen LogP contribution in [0, 0.1) is 11.8 Å². The number of halogens is 4. The molecule has 6 nitrogen and oxygen atoms in total. The van der Waals surface area contributed by atoms with Gasteiger partial charge < -0.3 is 10.6 Å². The Morgan fingerprint density at radius 2 is 1.94 bits per heavy atom. The molecule has 1 aliphatic rings. The highest BCUT2D eigenvalue weighted by Crippen LogP contribution is 2.36. The summed E-state index contributed by atoms with van der Waals surface area (Å²) in [7, 11) is 0. The van der Waals surface area contributed by atoms with Gasteiger partial charge in [0.05, 0.1) is 23.4 Å². The molecule has 1 aliphatic heterocycles. The molecule has 0 spiro atoms. The summed E-state index contributed by atoms with van der Waals surface area (Å²) in [6.07, 6.45) is -1.72. The maximum absolute atomic E-state index is 13.3. The molecule has 1 aromatic carbocycles. The van der Waals surface area contributed by atoms with Crippen molar-refractivity contribution in [3.63, 3.8) is 0 Å². The van der Waals surface area contributed by atoms with Crippen molar-refractivity contribution in [1.29, 1.82) is 0 Å². The fourth-order valence-corrected chi connectivity index (χ4v) is 3.53. The summed E-state index contributed by atoms with van der Waals surface area (Å²) in [6, 6.07) is 6.03. The van der Waals surface area contributed by atoms with Gasteiger partial charge in [0.1, 0.15) is 18.2 Å². The van der Waals surface area contributed by atoms with Crippen molar-refractivity contribution in [3.8, 4) is 11.8 Å². The van der Waals surface area contributed by atoms with Crippen LogP contribution >= 0.6 is 13.5 Å². The molecular weight excluding hydrogens is 458 g/mol. The molecule has 3 heterocycles. The van der Waals surface area contributed by atoms with E-state index in [-0.39, 0.29) is 37.5 Å². The second-order valence-electron chi connectivity index (χ2n) is 7.31. The molecule has 11 heteroatoms. The summed E-state index contributed by atoms with van der Waals surface area (Å²) in [4.78, 5) is 18.5. The lowest BCUT2D eigenvalue weighted by atomic mass is 10.0. The van der Waals surface area contributed by atoms with Crippen LogP contribution in [0.4, 0.5) is 29.1 Å². The smallest absolute Gasteiger partial charge is 0.384 e. The van der Waals surface area contributed by atoms with Crippen LogP contribution in [0.25, 0.3) is 0 Å². The van der Waals surface area contributed by atoms with E-state index < -0.39 is 29.9 Å². The Morgan fingerprint density at radius 1 is 1.18 bits per heavy atom. The molecule has 1 atom stereocenters. The molecule has 3 aromatic rings. The topological polar surface area (TPSA) is 77.0 Å². The zero-order chi connectivity index (χ0) is 23.0. The summed E-state index contributed by atoms with van der Waals surface area (Å²) in [5, 5.41) is 4.25. The van der Waals surface area contributed by atoms with Crippen molar-refractivity contribution < 1.29 is 22.4 Å². The molecule has 4 rings (SSSR count). The normalized spacial score (nSPS) is 15.4. The van der Waals surface area contributed by atoms with Gasteiger partial charge in [0.2, 0.25) is 0 Å². The first kappa shape index (κ1) is 24.1. The van der Waals surface area contributed by atoms with E-state index in [1.807, 2.05) is 6.92 Å². The number of pyridine rings is 1. The van der Waals surface area contributed by atoms with E-state index in [0.717, 1.165) is 12.1 Å². The van der Waals surface area contributed by atoms with Crippen LogP contribution in [0.3, 0.4) is 0 Å². The number of benzene rings is 1. The first-order chi connectivity index (χ1) is 15.2. The Balaban J connectivity index is 0.00000306. The first-order valence-electron chi connectivity index (χ1n) is 9.58. The van der Waals surface area contributed by atoms with Gasteiger partial charge in [-0.05, 0) is 42.8 Å². The van der Waals surface area contributed by atoms with Crippen molar-refractivity contribution in [2.45, 2.75) is 25.8 Å². The number of aromatic nitrogens is 3. The number of alkyl halides is 4. The Hall–Kier alpha value is -3.52. The van der Waals surface area contributed by atoms with Crippen LogP contribution in [0.15, 0.2) is 42.7 Å². The van der Waals surface area contributed by atoms with Crippen LogP contribution in [0.1, 0.15) is 45.7 Å². The predicted octanol–water partition coefficient (Wildman–Crippen LogP) is 4.08. The highest BCUT2D eigenvalue weighted by Gasteiger charge is 2.36. The highest BCUT2D eigenvalue weighted by molar-refractivity contribution is 7.59. The molecule has 0 aliphatic carbocycles. The number of nitrogens with two attached hydrogens (primary N) is 1. The minimum atomic E-state index is -4.68. The third-order valence-electron chi connectivity index (χ3n) is 5.09. The summed E-state index contributed by atoms with van der Waals surface area (Å²) >= 11 is 0. The minimum Gasteiger partial charge on any atom is -0.384 e. The van der Waals surface area contributed by atoms with Crippen LogP contribution in [-0.2, 0) is 12.9 Å². The van der Waals surface area contributed by atoms with Crippen molar-refractivity contribution in [3.05, 3.63) is 70.7 Å². The molecule has 0 saturated heterocycles. The number of hydrogen-bond donors (Lipinski definition) is 1. The Kier molecular flexibility index (Phi) is 6.69. The number of hydrogen-bond acceptors (Lipinski definition) is 4. The molecule has 0 fully saturated rings. The van der Waals surface area contributed by atoms with E-state index in [1.165, 1.54) is 28.0 Å². The molecule has 33 heavy (non-hydrogen) atoms. The molecule has 1 amide bonds. The second-order valence-corrected chi connectivity index (χ2v) is 7.31. The maximum atomic E-state index is 13.3. The Morgan fingerprint density at radius 3 is 2.58 bits per heavy atom. The number of nitrogen functional groups attached to an aromatic ring is 1. The number of rotatable bonds is 2. The number of amides is 1. The largest absolute Gasteiger partial charge is 0.416 e. The van der Waals surface area contributed by atoms with Gasteiger partial charge in [0, 0.05) is 24.0 Å². The number of carbonyl (C=O) groups is 1. The van der Waals surface area contributed by atoms with Gasteiger partial charge in [-0.1, -0.05) is 11.8 Å². The lowest BCUT2D eigenvalue weighted by Gasteiger charge is -2.32. The molecule has 2 aromatic heterocycles. The monoisotopic (exact) mass is 477 g/mol. The van der Waals surface area contributed by atoms with Gasteiger partial charge in [-0.2, -0.15) is 31.8 Å². The fourth-order valence-electron chi connectivity index (χ4n) is 3.53. The lowest BCUT2D eigenvalue weighted by molar-refractivity contribution is -0.138. The van der Waals surface area contributed by atoms with Crippen molar-refractivity contribution >= 4 is 30.9 Å². The average Bonchev–Trinajstić information content (AvgIpc) is 3.20. The van der Waals surface area contributed by atoms with E-state index in [9.17, 15) is 22.4 Å². The zero-order valence-electron chi connectivity index (χ0n) is 17.3. The Labute approximate surface area is 193 Å². The van der Waals surface area contributed by atoms with Crippen LogP contribution in [0.5, 0.6) is 0 Å². The van der Waals surface area contributed by atoms with Gasteiger partial charge >= 0.3 is 6.18 Å². The van der Waals surface area contributed by atoms with E-state index in [2.05, 4.69) is 21.9 Å². The molecule has 0 radical (unpaired) electrons. The average molecular weight is 477 g/mol. The van der Waals surface area contributed by atoms with Gasteiger partial charge in [0.25, 0.3) is 5.91 Å². The number of fused-ring (bicyclic) bond motifs is 1. The molecule has 172 valence electrons. The lowest BCUT2D eigenvalue weighted by Crippen LogP contribution is -2.43. The third-order valence-corrected chi connectivity index (χ3v) is 5.09. The van der Waals surface area contributed by atoms with Crippen molar-refractivity contribution in [2.24, 2.45) is 0 Å². The molecule has 0 saturated carbocycles. The third kappa shape index (κ3) is 4.66. The van der Waals surface area contributed by atoms with E-state index in [0.29, 0.717) is 16.9 Å². The van der Waals surface area contributed by atoms with Gasteiger partial charge in [-0.25, -0.2) is 9.37 Å². The van der Waals surface area contributed by atoms with Gasteiger partial charge in [-0.3, -0.25) is 9.48 Å². The summed E-state index contributed by atoms with van der Waals surface area (Å²) in [5.41, 5.74) is 5.31. The maximum Gasteiger partial charge on any atom is 0.416 e. The van der Waals surface area contributed by atoms with Gasteiger partial charge in [-0.15, -0.1) is 0 Å². The standard InChI is InChI=1S/C22H17F4N5O.H2S/c1-13-12-30(17-5-6-18(22(24,25)26)16(8-17)9-23)21(32)20-15(11-29-31(13)20)4-2-14-3-7-19(27)28-10-14;/h3,5-8,10-11,13H,9,12H2,1H3,(H2,27,28);1H2/t13-;/m0./s1. The first-order valence-corrected chi connectivity index (χ1v) is 9.58. The summed E-state index contributed by atoms with van der Waals surface area (Å²) in [6.45, 7) is 0.682. The number of anilines is 2. The van der Waals surface area contributed by atoms with Gasteiger partial charge in [0.15, 0.2) is 0 Å². The predicted molar refractivity (Wildman–Crippen MR) is 120 cm³/mol. The van der Waals surface area contributed by atoms with E-state index >= 15 is 0 Å². The van der Waals surface area contributed by atoms with Crippen molar-refractivity contribution in [2.75, 3.05) is 17.2 Å². The van der Waals surface area contributed by atoms with E-state index in [4.69, 9.17) is 5.73 Å².